The van der Waals surface area contributed by atoms with E-state index in [9.17, 15) is 9.59 Å². The summed E-state index contributed by atoms with van der Waals surface area (Å²) in [5.41, 5.74) is 0.103. The molecule has 0 fully saturated rings. The summed E-state index contributed by atoms with van der Waals surface area (Å²) < 4.78 is 0.501. The number of anilines is 1. The first kappa shape index (κ1) is 14.5. The van der Waals surface area contributed by atoms with Gasteiger partial charge in [0.2, 0.25) is 0 Å². The van der Waals surface area contributed by atoms with Crippen LogP contribution in [-0.4, -0.2) is 22.0 Å². The molecule has 7 heteroatoms. The fourth-order valence-corrected chi connectivity index (χ4v) is 2.21. The Labute approximate surface area is 127 Å². The first-order chi connectivity index (χ1) is 9.50. The number of carboxylic acids is 1. The van der Waals surface area contributed by atoms with Crippen LogP contribution in [0.25, 0.3) is 0 Å². The van der Waals surface area contributed by atoms with Crippen LogP contribution in [0, 0.1) is 0 Å². The van der Waals surface area contributed by atoms with E-state index in [4.69, 9.17) is 16.7 Å². The number of halogens is 2. The predicted molar refractivity (Wildman–Crippen MR) is 78.3 cm³/mol. The maximum atomic E-state index is 12.1. The number of benzene rings is 1. The van der Waals surface area contributed by atoms with Crippen LogP contribution in [0.5, 0.6) is 0 Å². The van der Waals surface area contributed by atoms with Crippen LogP contribution in [0.2, 0.25) is 5.02 Å². The molecule has 1 aromatic carbocycles. The minimum atomic E-state index is -1.18. The number of carbonyl (C=O) groups excluding carboxylic acids is 1. The van der Waals surface area contributed by atoms with Crippen molar-refractivity contribution in [3.63, 3.8) is 0 Å². The van der Waals surface area contributed by atoms with E-state index in [1.807, 2.05) is 0 Å². The largest absolute Gasteiger partial charge is 0.478 e. The fraction of sp³-hybridized carbons (Fsp3) is 0. The van der Waals surface area contributed by atoms with Crippen molar-refractivity contribution in [2.45, 2.75) is 0 Å². The number of hydrogen-bond acceptors (Lipinski definition) is 3. The van der Waals surface area contributed by atoms with Gasteiger partial charge in [-0.1, -0.05) is 17.7 Å². The second-order valence-electron chi connectivity index (χ2n) is 3.76. The van der Waals surface area contributed by atoms with Crippen molar-refractivity contribution in [3.8, 4) is 0 Å². The summed E-state index contributed by atoms with van der Waals surface area (Å²) in [7, 11) is 0. The first-order valence-electron chi connectivity index (χ1n) is 5.44. The molecule has 0 bridgehead atoms. The van der Waals surface area contributed by atoms with Crippen LogP contribution in [0.15, 0.2) is 41.0 Å². The van der Waals surface area contributed by atoms with Gasteiger partial charge in [0.1, 0.15) is 5.69 Å². The predicted octanol–water partition coefficient (Wildman–Crippen LogP) is 3.45. The van der Waals surface area contributed by atoms with Gasteiger partial charge in [-0.15, -0.1) is 0 Å². The summed E-state index contributed by atoms with van der Waals surface area (Å²) in [5, 5.41) is 11.7. The molecule has 0 saturated carbocycles. The molecule has 1 heterocycles. The van der Waals surface area contributed by atoms with Gasteiger partial charge in [-0.3, -0.25) is 4.79 Å². The number of aromatic carboxylic acids is 1. The highest BCUT2D eigenvalue weighted by Gasteiger charge is 2.18. The molecule has 0 aliphatic heterocycles. The standard InChI is InChI=1S/C13H8BrClN2O3/c14-8-4-2-6-16-11(8)12(18)17-10-7(13(19)20)3-1-5-9(10)15/h1-6H,(H,17,18)(H,19,20). The van der Waals surface area contributed by atoms with Gasteiger partial charge in [0.25, 0.3) is 5.91 Å². The van der Waals surface area contributed by atoms with Crippen LogP contribution < -0.4 is 5.32 Å². The van der Waals surface area contributed by atoms with Gasteiger partial charge in [0, 0.05) is 10.7 Å². The number of amides is 1. The zero-order valence-electron chi connectivity index (χ0n) is 9.93. The average Bonchev–Trinajstić information content (AvgIpc) is 2.41. The van der Waals surface area contributed by atoms with E-state index in [1.54, 1.807) is 12.1 Å². The Kier molecular flexibility index (Phi) is 4.36. The third-order valence-corrected chi connectivity index (χ3v) is 3.41. The van der Waals surface area contributed by atoms with Crippen molar-refractivity contribution >= 4 is 45.1 Å². The van der Waals surface area contributed by atoms with Crippen molar-refractivity contribution in [1.82, 2.24) is 4.98 Å². The van der Waals surface area contributed by atoms with E-state index < -0.39 is 11.9 Å². The van der Waals surface area contributed by atoms with Gasteiger partial charge in [0.05, 0.1) is 16.3 Å². The smallest absolute Gasteiger partial charge is 0.337 e. The second kappa shape index (κ2) is 6.02. The molecule has 2 rings (SSSR count). The summed E-state index contributed by atoms with van der Waals surface area (Å²) in [6, 6.07) is 7.68. The maximum absolute atomic E-state index is 12.1. The van der Waals surface area contributed by atoms with Gasteiger partial charge in [-0.25, -0.2) is 9.78 Å². The lowest BCUT2D eigenvalue weighted by Gasteiger charge is -2.10. The number of nitrogens with one attached hydrogen (secondary N) is 1. The van der Waals surface area contributed by atoms with Crippen molar-refractivity contribution in [1.29, 1.82) is 0 Å². The third-order valence-electron chi connectivity index (χ3n) is 2.46. The molecule has 0 radical (unpaired) electrons. The molecule has 0 atom stereocenters. The minimum absolute atomic E-state index is 0.0456. The summed E-state index contributed by atoms with van der Waals surface area (Å²) in [4.78, 5) is 27.2. The Balaban J connectivity index is 2.38. The molecular weight excluding hydrogens is 348 g/mol. The van der Waals surface area contributed by atoms with E-state index in [0.29, 0.717) is 4.47 Å². The zero-order valence-corrected chi connectivity index (χ0v) is 12.3. The average molecular weight is 356 g/mol. The molecule has 102 valence electrons. The van der Waals surface area contributed by atoms with Gasteiger partial charge in [0.15, 0.2) is 0 Å². The quantitative estimate of drug-likeness (QED) is 0.884. The number of carboxylic acid groups (broad SMARTS) is 1. The van der Waals surface area contributed by atoms with Crippen molar-refractivity contribution < 1.29 is 14.7 Å². The lowest BCUT2D eigenvalue weighted by atomic mass is 10.1. The summed E-state index contributed by atoms with van der Waals surface area (Å²) in [6.45, 7) is 0. The molecule has 5 nitrogen and oxygen atoms in total. The molecule has 1 aromatic heterocycles. The lowest BCUT2D eigenvalue weighted by Crippen LogP contribution is -2.17. The van der Waals surface area contributed by atoms with Crippen LogP contribution in [0.1, 0.15) is 20.8 Å². The Hall–Kier alpha value is -1.92. The fourth-order valence-electron chi connectivity index (χ4n) is 1.55. The van der Waals surface area contributed by atoms with E-state index in [1.165, 1.54) is 24.4 Å². The summed E-state index contributed by atoms with van der Waals surface area (Å²) in [6.07, 6.45) is 1.46. The number of hydrogen-bond donors (Lipinski definition) is 2. The SMILES string of the molecule is O=C(O)c1cccc(Cl)c1NC(=O)c1ncccc1Br. The number of rotatable bonds is 3. The van der Waals surface area contributed by atoms with E-state index in [2.05, 4.69) is 26.2 Å². The molecule has 2 N–H and O–H groups in total. The monoisotopic (exact) mass is 354 g/mol. The highest BCUT2D eigenvalue weighted by atomic mass is 79.9. The molecule has 0 aliphatic carbocycles. The Bertz CT molecular complexity index is 691. The number of carbonyl (C=O) groups is 2. The second-order valence-corrected chi connectivity index (χ2v) is 5.02. The number of pyridine rings is 1. The molecule has 20 heavy (non-hydrogen) atoms. The number of nitrogens with zero attached hydrogens (tertiary/aromatic N) is 1. The van der Waals surface area contributed by atoms with Crippen LogP contribution in [0.4, 0.5) is 5.69 Å². The summed E-state index contributed by atoms with van der Waals surface area (Å²) >= 11 is 9.14. The maximum Gasteiger partial charge on any atom is 0.337 e. The summed E-state index contributed by atoms with van der Waals surface area (Å²) in [5.74, 6) is -1.73. The third kappa shape index (κ3) is 2.97. The van der Waals surface area contributed by atoms with E-state index >= 15 is 0 Å². The van der Waals surface area contributed by atoms with E-state index in [0.717, 1.165) is 0 Å². The van der Waals surface area contributed by atoms with Crippen molar-refractivity contribution in [2.24, 2.45) is 0 Å². The molecule has 1 amide bonds. The lowest BCUT2D eigenvalue weighted by molar-refractivity contribution is 0.0698. The van der Waals surface area contributed by atoms with Crippen LogP contribution >= 0.6 is 27.5 Å². The molecule has 0 unspecified atom stereocenters. The van der Waals surface area contributed by atoms with Gasteiger partial charge < -0.3 is 10.4 Å². The van der Waals surface area contributed by atoms with E-state index in [-0.39, 0.29) is 22.0 Å². The Morgan fingerprint density at radius 2 is 2.00 bits per heavy atom. The minimum Gasteiger partial charge on any atom is -0.478 e. The van der Waals surface area contributed by atoms with Crippen LogP contribution in [-0.2, 0) is 0 Å². The number of para-hydroxylation sites is 1. The highest BCUT2D eigenvalue weighted by Crippen LogP contribution is 2.27. The first-order valence-corrected chi connectivity index (χ1v) is 6.61. The molecule has 0 aliphatic rings. The normalized spacial score (nSPS) is 10.1. The molecule has 0 saturated heterocycles. The van der Waals surface area contributed by atoms with Gasteiger partial charge in [-0.05, 0) is 40.2 Å². The zero-order chi connectivity index (χ0) is 14.7. The molecule has 2 aromatic rings. The van der Waals surface area contributed by atoms with Crippen LogP contribution in [0.3, 0.4) is 0 Å². The molecular formula is C13H8BrClN2O3. The Morgan fingerprint density at radius 1 is 1.25 bits per heavy atom. The van der Waals surface area contributed by atoms with Crippen molar-refractivity contribution in [2.75, 3.05) is 5.32 Å². The highest BCUT2D eigenvalue weighted by molar-refractivity contribution is 9.10. The topological polar surface area (TPSA) is 79.3 Å². The van der Waals surface area contributed by atoms with Gasteiger partial charge in [-0.2, -0.15) is 0 Å². The Morgan fingerprint density at radius 3 is 2.65 bits per heavy atom. The number of aromatic nitrogens is 1. The molecule has 0 spiro atoms. The van der Waals surface area contributed by atoms with Crippen molar-refractivity contribution in [3.05, 3.63) is 57.3 Å². The van der Waals surface area contributed by atoms with Gasteiger partial charge >= 0.3 is 5.97 Å².